The molecule has 15 heteroatoms. The molecule has 296 valence electrons. The van der Waals surface area contributed by atoms with E-state index in [9.17, 15) is 27.6 Å². The maximum Gasteiger partial charge on any atom is 0.408 e. The van der Waals surface area contributed by atoms with Crippen LogP contribution >= 0.6 is 0 Å². The molecule has 4 aliphatic rings. The van der Waals surface area contributed by atoms with Gasteiger partial charge in [0.15, 0.2) is 6.23 Å². The number of fused-ring (bicyclic) bond motifs is 1. The lowest BCUT2D eigenvalue weighted by Crippen LogP contribution is -2.55. The number of aromatic nitrogens is 1. The van der Waals surface area contributed by atoms with Gasteiger partial charge in [-0.25, -0.2) is 18.2 Å². The fourth-order valence-corrected chi connectivity index (χ4v) is 8.78. The molecule has 0 radical (unpaired) electrons. The number of nitrogens with one attached hydrogen (secondary N) is 3. The first-order valence-corrected chi connectivity index (χ1v) is 20.2. The van der Waals surface area contributed by atoms with E-state index < -0.39 is 79.7 Å². The molecular formula is C41H47N5O9S. The summed E-state index contributed by atoms with van der Waals surface area (Å²) in [4.78, 5) is 61.8. The molecule has 2 heterocycles. The van der Waals surface area contributed by atoms with Gasteiger partial charge in [0.2, 0.25) is 15.9 Å². The van der Waals surface area contributed by atoms with Gasteiger partial charge in [-0.2, -0.15) is 0 Å². The molecule has 4 fully saturated rings. The second kappa shape index (κ2) is 14.3. The molecule has 6 atom stereocenters. The zero-order valence-corrected chi connectivity index (χ0v) is 32.7. The van der Waals surface area contributed by atoms with Crippen molar-refractivity contribution in [2.24, 2.45) is 17.8 Å². The van der Waals surface area contributed by atoms with Crippen LogP contribution in [0.15, 0.2) is 79.9 Å². The maximum atomic E-state index is 14.8. The van der Waals surface area contributed by atoms with Gasteiger partial charge in [0.25, 0.3) is 11.8 Å². The molecule has 0 spiro atoms. The van der Waals surface area contributed by atoms with Crippen LogP contribution in [0.3, 0.4) is 0 Å². The van der Waals surface area contributed by atoms with Gasteiger partial charge in [-0.15, -0.1) is 13.2 Å². The number of ether oxygens (including phenoxy) is 3. The highest BCUT2D eigenvalue weighted by atomic mass is 32.2. The number of amides is 4. The molecule has 1 unspecified atom stereocenters. The summed E-state index contributed by atoms with van der Waals surface area (Å²) >= 11 is 0. The topological polar surface area (TPSA) is 182 Å². The van der Waals surface area contributed by atoms with Crippen molar-refractivity contribution in [3.8, 4) is 22.8 Å². The first-order chi connectivity index (χ1) is 26.5. The largest absolute Gasteiger partial charge is 0.497 e. The number of rotatable bonds is 13. The third kappa shape index (κ3) is 7.56. The molecule has 0 bridgehead atoms. The lowest BCUT2D eigenvalue weighted by molar-refractivity contribution is -0.140. The molecule has 56 heavy (non-hydrogen) atoms. The fourth-order valence-electron chi connectivity index (χ4n) is 7.42. The molecule has 3 aromatic rings. The summed E-state index contributed by atoms with van der Waals surface area (Å²) in [5.41, 5.74) is -1.75. The van der Waals surface area contributed by atoms with Crippen LogP contribution in [0, 0.1) is 17.8 Å². The standard InChI is InChI=1S/C41H47N5O9S/c1-7-26-21-40(26,36(48)45-56(51,52)29-15-16-29)43-35(47)25-18-34(46(23-25)37(49)41(22-27(41)8-2)44-38(50)55-39(3,4)5)54-33-20-31(24-12-10-9-11-13-24)42-32-19-28(53-6)14-17-30(32)33/h7-14,17,19-20,25-27,29,34H,1-2,15-16,18,21-23H2,3-6H3,(H,43,47)(H,44,50)(H,45,48)/t25-,26-,27?,34+,40-,41+/m1/s1. The van der Waals surface area contributed by atoms with E-state index in [1.165, 1.54) is 11.0 Å². The highest BCUT2D eigenvalue weighted by molar-refractivity contribution is 7.91. The summed E-state index contributed by atoms with van der Waals surface area (Å²) in [5.74, 6) is -2.70. The lowest BCUT2D eigenvalue weighted by Gasteiger charge is -2.31. The third-order valence-corrected chi connectivity index (χ3v) is 12.7. The van der Waals surface area contributed by atoms with Crippen molar-refractivity contribution in [3.63, 3.8) is 0 Å². The number of carbonyl (C=O) groups excluding carboxylic acids is 4. The summed E-state index contributed by atoms with van der Waals surface area (Å²) < 4.78 is 45.3. The number of methoxy groups -OCH3 is 1. The highest BCUT2D eigenvalue weighted by Gasteiger charge is 2.64. The fraction of sp³-hybridized carbons (Fsp3) is 0.439. The van der Waals surface area contributed by atoms with Crippen LogP contribution in [0.25, 0.3) is 22.2 Å². The van der Waals surface area contributed by atoms with Crippen molar-refractivity contribution in [2.75, 3.05) is 13.7 Å². The van der Waals surface area contributed by atoms with Gasteiger partial charge in [0.05, 0.1) is 29.5 Å². The van der Waals surface area contributed by atoms with Crippen LogP contribution in [-0.4, -0.2) is 83.9 Å². The van der Waals surface area contributed by atoms with Gasteiger partial charge in [-0.1, -0.05) is 42.5 Å². The Balaban J connectivity index is 1.22. The predicted octanol–water partition coefficient (Wildman–Crippen LogP) is 4.60. The van der Waals surface area contributed by atoms with Gasteiger partial charge in [-0.05, 0) is 58.6 Å². The van der Waals surface area contributed by atoms with E-state index in [0.29, 0.717) is 40.9 Å². The molecule has 7 rings (SSSR count). The average molecular weight is 786 g/mol. The van der Waals surface area contributed by atoms with E-state index in [1.807, 2.05) is 30.3 Å². The summed E-state index contributed by atoms with van der Waals surface area (Å²) in [5, 5.41) is 5.61. The Morgan fingerprint density at radius 1 is 0.946 bits per heavy atom. The second-order valence-electron chi connectivity index (χ2n) is 16.0. The van der Waals surface area contributed by atoms with Crippen molar-refractivity contribution in [1.29, 1.82) is 0 Å². The van der Waals surface area contributed by atoms with E-state index >= 15 is 0 Å². The summed E-state index contributed by atoms with van der Waals surface area (Å²) in [6.07, 6.45) is 2.68. The number of nitrogens with zero attached hydrogens (tertiary/aromatic N) is 2. The van der Waals surface area contributed by atoms with Crippen LogP contribution in [0.1, 0.15) is 52.9 Å². The van der Waals surface area contributed by atoms with Crippen LogP contribution in [0.5, 0.6) is 11.5 Å². The number of hydrogen-bond acceptors (Lipinski definition) is 10. The Morgan fingerprint density at radius 3 is 2.23 bits per heavy atom. The first-order valence-electron chi connectivity index (χ1n) is 18.7. The van der Waals surface area contributed by atoms with E-state index in [4.69, 9.17) is 19.2 Å². The first kappa shape index (κ1) is 38.8. The van der Waals surface area contributed by atoms with Crippen molar-refractivity contribution < 1.29 is 41.8 Å². The van der Waals surface area contributed by atoms with Gasteiger partial charge >= 0.3 is 6.09 Å². The molecule has 3 aliphatic carbocycles. The van der Waals surface area contributed by atoms with Crippen molar-refractivity contribution in [1.82, 2.24) is 25.2 Å². The zero-order valence-electron chi connectivity index (χ0n) is 31.9. The Hall–Kier alpha value is -5.44. The quantitative estimate of drug-likeness (QED) is 0.207. The van der Waals surface area contributed by atoms with Crippen molar-refractivity contribution in [3.05, 3.63) is 79.9 Å². The predicted molar refractivity (Wildman–Crippen MR) is 208 cm³/mol. The summed E-state index contributed by atoms with van der Waals surface area (Å²) in [6.45, 7) is 12.7. The van der Waals surface area contributed by atoms with E-state index in [1.54, 1.807) is 58.2 Å². The summed E-state index contributed by atoms with van der Waals surface area (Å²) in [6, 6.07) is 16.6. The van der Waals surface area contributed by atoms with E-state index in [0.717, 1.165) is 5.56 Å². The number of carbonyl (C=O) groups is 4. The Labute approximate surface area is 326 Å². The Kier molecular flexibility index (Phi) is 9.88. The molecule has 1 saturated heterocycles. The normalized spacial score (nSPS) is 26.8. The average Bonchev–Trinajstić information content (AvgIpc) is 4.09. The molecule has 4 amide bonds. The van der Waals surface area contributed by atoms with Gasteiger partial charge < -0.3 is 29.7 Å². The molecule has 2 aromatic carbocycles. The smallest absolute Gasteiger partial charge is 0.408 e. The number of pyridine rings is 1. The van der Waals surface area contributed by atoms with E-state index in [2.05, 4.69) is 28.5 Å². The van der Waals surface area contributed by atoms with Gasteiger partial charge in [-0.3, -0.25) is 19.1 Å². The van der Waals surface area contributed by atoms with Crippen LogP contribution in [-0.2, 0) is 29.1 Å². The van der Waals surface area contributed by atoms with Gasteiger partial charge in [0, 0.05) is 47.9 Å². The molecule has 14 nitrogen and oxygen atoms in total. The van der Waals surface area contributed by atoms with Crippen molar-refractivity contribution in [2.45, 2.75) is 81.0 Å². The Morgan fingerprint density at radius 2 is 1.62 bits per heavy atom. The SMILES string of the molecule is C=CC1C[C@@]1(NC(=O)OC(C)(C)C)C(=O)N1C[C@H](C(=O)N[C@]2(C(=O)NS(=O)(=O)C3CC3)C[C@H]2C=C)C[C@@H]1Oc1cc(-c2ccccc2)nc2cc(OC)ccc12. The minimum Gasteiger partial charge on any atom is -0.497 e. The number of likely N-dealkylation sites (tertiary alicyclic amines) is 1. The van der Waals surface area contributed by atoms with Crippen LogP contribution in [0.4, 0.5) is 4.79 Å². The number of alkyl carbamates (subject to hydrolysis) is 1. The third-order valence-electron chi connectivity index (χ3n) is 10.8. The minimum absolute atomic E-state index is 0.0102. The second-order valence-corrected chi connectivity index (χ2v) is 18.0. The van der Waals surface area contributed by atoms with Crippen LogP contribution < -0.4 is 24.8 Å². The summed E-state index contributed by atoms with van der Waals surface area (Å²) in [7, 11) is -2.33. The monoisotopic (exact) mass is 785 g/mol. The molecule has 3 saturated carbocycles. The zero-order chi connectivity index (χ0) is 40.2. The molecule has 1 aliphatic heterocycles. The number of sulfonamides is 1. The minimum atomic E-state index is -3.89. The maximum absolute atomic E-state index is 14.8. The van der Waals surface area contributed by atoms with Crippen LogP contribution in [0.2, 0.25) is 0 Å². The molecular weight excluding hydrogens is 739 g/mol. The highest BCUT2D eigenvalue weighted by Crippen LogP contribution is 2.49. The number of hydrogen-bond donors (Lipinski definition) is 3. The van der Waals surface area contributed by atoms with E-state index in [-0.39, 0.29) is 25.8 Å². The Bertz CT molecular complexity index is 2220. The molecule has 3 N–H and O–H groups in total. The number of benzene rings is 2. The van der Waals surface area contributed by atoms with Crippen molar-refractivity contribution >= 4 is 44.7 Å². The molecule has 1 aromatic heterocycles. The van der Waals surface area contributed by atoms with Gasteiger partial charge in [0.1, 0.15) is 28.2 Å². The lowest BCUT2D eigenvalue weighted by atomic mass is 10.1.